The minimum absolute atomic E-state index is 0.0511. The van der Waals surface area contributed by atoms with Crippen molar-refractivity contribution in [1.29, 1.82) is 5.41 Å². The van der Waals surface area contributed by atoms with Gasteiger partial charge in [-0.3, -0.25) is 10.1 Å². The summed E-state index contributed by atoms with van der Waals surface area (Å²) >= 11 is 0. The fraction of sp³-hybridized carbons (Fsp3) is 0.476. The SMILES string of the molecule is CCOC(=O)N1CCN(c2cc(C(=N)c3cc(OC(C)C)c(F)cc3N)nn2C)CC1. The standard InChI is InChI=1S/C21H29FN6O3/c1-5-30-21(29)28-8-6-27(7-9-28)19-12-17(25-26(19)4)20(24)14-10-18(31-13(2)3)15(22)11-16(14)23/h10-13,24H,5-9,23H2,1-4H3. The van der Waals surface area contributed by atoms with Crippen molar-refractivity contribution < 1.29 is 18.7 Å². The Kier molecular flexibility index (Phi) is 6.67. The third kappa shape index (κ3) is 4.89. The Labute approximate surface area is 181 Å². The number of nitrogens with one attached hydrogen (secondary N) is 1. The number of hydrogen-bond donors (Lipinski definition) is 2. The highest BCUT2D eigenvalue weighted by Gasteiger charge is 2.25. The third-order valence-corrected chi connectivity index (χ3v) is 4.98. The molecule has 9 nitrogen and oxygen atoms in total. The van der Waals surface area contributed by atoms with Crippen molar-refractivity contribution in [2.75, 3.05) is 43.4 Å². The van der Waals surface area contributed by atoms with Crippen LogP contribution in [0.15, 0.2) is 18.2 Å². The zero-order valence-electron chi connectivity index (χ0n) is 18.3. The summed E-state index contributed by atoms with van der Waals surface area (Å²) in [5.74, 6) is 0.307. The number of ether oxygens (including phenoxy) is 2. The molecular weight excluding hydrogens is 403 g/mol. The number of hydrogen-bond acceptors (Lipinski definition) is 7. The first-order valence-electron chi connectivity index (χ1n) is 10.3. The van der Waals surface area contributed by atoms with Crippen LogP contribution < -0.4 is 15.4 Å². The highest BCUT2D eigenvalue weighted by molar-refractivity contribution is 6.13. The summed E-state index contributed by atoms with van der Waals surface area (Å²) in [7, 11) is 1.80. The predicted molar refractivity (Wildman–Crippen MR) is 117 cm³/mol. The van der Waals surface area contributed by atoms with E-state index in [9.17, 15) is 9.18 Å². The first kappa shape index (κ1) is 22.4. The topological polar surface area (TPSA) is 110 Å². The number of nitrogens with zero attached hydrogens (tertiary/aromatic N) is 4. The zero-order chi connectivity index (χ0) is 22.7. The van der Waals surface area contributed by atoms with Crippen molar-refractivity contribution in [3.63, 3.8) is 0 Å². The van der Waals surface area contributed by atoms with E-state index in [1.807, 2.05) is 0 Å². The molecule has 10 heteroatoms. The summed E-state index contributed by atoms with van der Waals surface area (Å²) in [6.45, 7) is 8.05. The van der Waals surface area contributed by atoms with Crippen LogP contribution in [0.3, 0.4) is 0 Å². The van der Waals surface area contributed by atoms with Crippen molar-refractivity contribution in [2.24, 2.45) is 7.05 Å². The van der Waals surface area contributed by atoms with Gasteiger partial charge in [-0.15, -0.1) is 0 Å². The van der Waals surface area contributed by atoms with Crippen LogP contribution in [0.4, 0.5) is 20.7 Å². The lowest BCUT2D eigenvalue weighted by Crippen LogP contribution is -2.49. The molecule has 1 aromatic heterocycles. The summed E-state index contributed by atoms with van der Waals surface area (Å²) in [6.07, 6.45) is -0.518. The number of nitrogens with two attached hydrogens (primary N) is 1. The highest BCUT2D eigenvalue weighted by atomic mass is 19.1. The van der Waals surface area contributed by atoms with Crippen LogP contribution in [0.2, 0.25) is 0 Å². The zero-order valence-corrected chi connectivity index (χ0v) is 18.3. The lowest BCUT2D eigenvalue weighted by molar-refractivity contribution is 0.105. The van der Waals surface area contributed by atoms with E-state index in [0.717, 1.165) is 5.82 Å². The first-order valence-corrected chi connectivity index (χ1v) is 10.3. The van der Waals surface area contributed by atoms with Gasteiger partial charge in [0.1, 0.15) is 11.5 Å². The van der Waals surface area contributed by atoms with Gasteiger partial charge in [0.2, 0.25) is 0 Å². The molecule has 2 heterocycles. The molecule has 1 aromatic carbocycles. The Balaban J connectivity index is 1.78. The van der Waals surface area contributed by atoms with E-state index in [2.05, 4.69) is 10.00 Å². The van der Waals surface area contributed by atoms with E-state index in [1.165, 1.54) is 12.1 Å². The van der Waals surface area contributed by atoms with Crippen molar-refractivity contribution in [2.45, 2.75) is 26.9 Å². The molecule has 2 aromatic rings. The van der Waals surface area contributed by atoms with Gasteiger partial charge in [-0.25, -0.2) is 9.18 Å². The largest absolute Gasteiger partial charge is 0.488 e. The van der Waals surface area contributed by atoms with Crippen molar-refractivity contribution >= 4 is 23.3 Å². The van der Waals surface area contributed by atoms with E-state index in [0.29, 0.717) is 44.0 Å². The van der Waals surface area contributed by atoms with Crippen LogP contribution in [0, 0.1) is 11.2 Å². The number of halogens is 1. The molecule has 0 aliphatic carbocycles. The van der Waals surface area contributed by atoms with Gasteiger partial charge in [-0.05, 0) is 26.8 Å². The Bertz CT molecular complexity index is 966. The number of piperazine rings is 1. The summed E-state index contributed by atoms with van der Waals surface area (Å²) < 4.78 is 26.4. The molecule has 1 amide bonds. The fourth-order valence-corrected chi connectivity index (χ4v) is 3.48. The number of aromatic nitrogens is 2. The predicted octanol–water partition coefficient (Wildman–Crippen LogP) is 2.62. The molecule has 3 N–H and O–H groups in total. The number of anilines is 2. The maximum atomic E-state index is 14.2. The lowest BCUT2D eigenvalue weighted by atomic mass is 10.0. The average molecular weight is 433 g/mol. The van der Waals surface area contributed by atoms with E-state index < -0.39 is 5.82 Å². The lowest BCUT2D eigenvalue weighted by Gasteiger charge is -2.35. The molecule has 0 bridgehead atoms. The second kappa shape index (κ2) is 9.23. The van der Waals surface area contributed by atoms with Crippen molar-refractivity contribution in [3.05, 3.63) is 35.3 Å². The maximum Gasteiger partial charge on any atom is 0.409 e. The minimum Gasteiger partial charge on any atom is -0.488 e. The Hall–Kier alpha value is -3.30. The number of aryl methyl sites for hydroxylation is 1. The van der Waals surface area contributed by atoms with Crippen LogP contribution in [-0.2, 0) is 11.8 Å². The Morgan fingerprint density at radius 2 is 1.94 bits per heavy atom. The number of nitrogen functional groups attached to an aromatic ring is 1. The monoisotopic (exact) mass is 432 g/mol. The van der Waals surface area contributed by atoms with Crippen LogP contribution in [0.5, 0.6) is 5.75 Å². The summed E-state index contributed by atoms with van der Waals surface area (Å²) in [4.78, 5) is 15.7. The average Bonchev–Trinajstić information content (AvgIpc) is 3.11. The molecule has 0 saturated carbocycles. The second-order valence-corrected chi connectivity index (χ2v) is 7.60. The number of benzene rings is 1. The number of rotatable bonds is 6. The van der Waals surface area contributed by atoms with Gasteiger partial charge < -0.3 is 25.0 Å². The van der Waals surface area contributed by atoms with Gasteiger partial charge in [0.05, 0.1) is 18.4 Å². The Morgan fingerprint density at radius 1 is 1.26 bits per heavy atom. The molecule has 0 atom stereocenters. The maximum absolute atomic E-state index is 14.2. The molecule has 31 heavy (non-hydrogen) atoms. The van der Waals surface area contributed by atoms with E-state index in [-0.39, 0.29) is 29.3 Å². The minimum atomic E-state index is -0.566. The van der Waals surface area contributed by atoms with Crippen molar-refractivity contribution in [1.82, 2.24) is 14.7 Å². The van der Waals surface area contributed by atoms with Gasteiger partial charge in [0.15, 0.2) is 11.6 Å². The summed E-state index contributed by atoms with van der Waals surface area (Å²) in [5, 5.41) is 13.1. The summed E-state index contributed by atoms with van der Waals surface area (Å²) in [6, 6.07) is 4.41. The van der Waals surface area contributed by atoms with E-state index >= 15 is 0 Å². The molecule has 0 unspecified atom stereocenters. The van der Waals surface area contributed by atoms with E-state index in [4.69, 9.17) is 20.6 Å². The number of amides is 1. The molecule has 168 valence electrons. The normalized spacial score (nSPS) is 14.1. The van der Waals surface area contributed by atoms with Gasteiger partial charge in [0.25, 0.3) is 0 Å². The molecule has 0 radical (unpaired) electrons. The van der Waals surface area contributed by atoms with Gasteiger partial charge in [-0.1, -0.05) is 0 Å². The molecule has 0 spiro atoms. The highest BCUT2D eigenvalue weighted by Crippen LogP contribution is 2.28. The summed E-state index contributed by atoms with van der Waals surface area (Å²) in [5.41, 5.74) is 6.98. The molecule has 3 rings (SSSR count). The van der Waals surface area contributed by atoms with Gasteiger partial charge >= 0.3 is 6.09 Å². The first-order chi connectivity index (χ1) is 14.7. The molecule has 1 aliphatic heterocycles. The number of carbonyl (C=O) groups excluding carboxylic acids is 1. The van der Waals surface area contributed by atoms with Gasteiger partial charge in [-0.2, -0.15) is 5.10 Å². The Morgan fingerprint density at radius 3 is 2.55 bits per heavy atom. The van der Waals surface area contributed by atoms with Crippen LogP contribution >= 0.6 is 0 Å². The molecule has 1 aliphatic rings. The van der Waals surface area contributed by atoms with E-state index in [1.54, 1.807) is 43.5 Å². The molecular formula is C21H29FN6O3. The van der Waals surface area contributed by atoms with Gasteiger partial charge in [0, 0.05) is 56.6 Å². The number of carbonyl (C=O) groups is 1. The van der Waals surface area contributed by atoms with Crippen LogP contribution in [0.1, 0.15) is 32.0 Å². The third-order valence-electron chi connectivity index (χ3n) is 4.98. The molecule has 1 saturated heterocycles. The smallest absolute Gasteiger partial charge is 0.409 e. The van der Waals surface area contributed by atoms with Crippen LogP contribution in [-0.4, -0.2) is 65.4 Å². The second-order valence-electron chi connectivity index (χ2n) is 7.60. The fourth-order valence-electron chi connectivity index (χ4n) is 3.48. The quantitative estimate of drug-likeness (QED) is 0.536. The molecule has 1 fully saturated rings. The van der Waals surface area contributed by atoms with Crippen LogP contribution in [0.25, 0.3) is 0 Å². The van der Waals surface area contributed by atoms with Crippen molar-refractivity contribution in [3.8, 4) is 5.75 Å².